The first kappa shape index (κ1) is 14.2. The molecule has 1 aliphatic carbocycles. The summed E-state index contributed by atoms with van der Waals surface area (Å²) in [5, 5.41) is 0. The highest BCUT2D eigenvalue weighted by molar-refractivity contribution is 5.28. The summed E-state index contributed by atoms with van der Waals surface area (Å²) in [6, 6.07) is 5.47. The Balaban J connectivity index is 2.03. The highest BCUT2D eigenvalue weighted by Crippen LogP contribution is 2.37. The maximum absolute atomic E-state index is 13.9. The van der Waals surface area contributed by atoms with Crippen molar-refractivity contribution in [3.05, 3.63) is 47.5 Å². The first-order valence-corrected chi connectivity index (χ1v) is 7.28. The molecule has 0 heterocycles. The molecule has 2 rings (SSSR count). The molecule has 0 bridgehead atoms. The first-order valence-electron chi connectivity index (χ1n) is 7.28. The lowest BCUT2D eigenvalue weighted by Crippen LogP contribution is -2.12. The minimum Gasteiger partial charge on any atom is -0.216 e. The second-order valence-corrected chi connectivity index (χ2v) is 5.54. The summed E-state index contributed by atoms with van der Waals surface area (Å²) in [5.41, 5.74) is 1.68. The van der Waals surface area contributed by atoms with E-state index in [1.54, 1.807) is 12.1 Å². The van der Waals surface area contributed by atoms with E-state index in [1.165, 1.54) is 38.2 Å². The molecular weight excluding hydrogens is 242 g/mol. The Morgan fingerprint density at radius 1 is 1.21 bits per heavy atom. The third-order valence-corrected chi connectivity index (χ3v) is 4.40. The van der Waals surface area contributed by atoms with Crippen molar-refractivity contribution in [2.24, 2.45) is 5.92 Å². The maximum atomic E-state index is 13.9. The molecule has 0 aromatic heterocycles. The Labute approximate surface area is 114 Å². The predicted molar refractivity (Wildman–Crippen MR) is 75.3 cm³/mol. The van der Waals surface area contributed by atoms with Gasteiger partial charge in [0.2, 0.25) is 0 Å². The molecule has 19 heavy (non-hydrogen) atoms. The van der Waals surface area contributed by atoms with Crippen molar-refractivity contribution in [1.82, 2.24) is 0 Å². The molecular formula is C17H22F2. The van der Waals surface area contributed by atoms with E-state index < -0.39 is 0 Å². The van der Waals surface area contributed by atoms with Crippen LogP contribution in [0.4, 0.5) is 8.78 Å². The Morgan fingerprint density at radius 2 is 1.95 bits per heavy atom. The molecule has 0 saturated heterocycles. The van der Waals surface area contributed by atoms with Crippen LogP contribution in [0.3, 0.4) is 0 Å². The van der Waals surface area contributed by atoms with Crippen LogP contribution in [-0.2, 0) is 6.42 Å². The Kier molecular flexibility index (Phi) is 5.12. The van der Waals surface area contributed by atoms with Crippen molar-refractivity contribution >= 4 is 0 Å². The smallest absolute Gasteiger partial charge is 0.126 e. The Morgan fingerprint density at radius 3 is 2.53 bits per heavy atom. The summed E-state index contributed by atoms with van der Waals surface area (Å²) < 4.78 is 25.9. The fourth-order valence-corrected chi connectivity index (χ4v) is 3.06. The molecule has 1 aromatic rings. The molecule has 0 amide bonds. The van der Waals surface area contributed by atoms with E-state index in [4.69, 9.17) is 0 Å². The molecule has 1 saturated carbocycles. The van der Waals surface area contributed by atoms with Crippen LogP contribution in [0, 0.1) is 11.7 Å². The van der Waals surface area contributed by atoms with E-state index >= 15 is 0 Å². The molecule has 0 spiro atoms. The van der Waals surface area contributed by atoms with Crippen LogP contribution < -0.4 is 0 Å². The summed E-state index contributed by atoms with van der Waals surface area (Å²) in [6.45, 7) is 2.25. The van der Waals surface area contributed by atoms with Gasteiger partial charge in [-0.3, -0.25) is 0 Å². The van der Waals surface area contributed by atoms with Crippen LogP contribution in [-0.4, -0.2) is 0 Å². The van der Waals surface area contributed by atoms with Gasteiger partial charge in [-0.05, 0) is 61.1 Å². The summed E-state index contributed by atoms with van der Waals surface area (Å²) in [4.78, 5) is 0. The molecule has 0 N–H and O–H groups in total. The fourth-order valence-electron chi connectivity index (χ4n) is 3.06. The lowest BCUT2D eigenvalue weighted by Gasteiger charge is -2.28. The highest BCUT2D eigenvalue weighted by Gasteiger charge is 2.21. The summed E-state index contributed by atoms with van der Waals surface area (Å²) in [6.07, 6.45) is 8.25. The van der Waals surface area contributed by atoms with Gasteiger partial charge in [0, 0.05) is 0 Å². The Hall–Kier alpha value is -1.18. The van der Waals surface area contributed by atoms with Gasteiger partial charge in [0.1, 0.15) is 5.82 Å². The van der Waals surface area contributed by atoms with Crippen LogP contribution in [0.2, 0.25) is 0 Å². The van der Waals surface area contributed by atoms with E-state index in [2.05, 4.69) is 6.92 Å². The standard InChI is InChI=1S/C17H22F2/c1-2-13-5-7-14(8-6-13)16-10-9-15(4-3-11-18)17(19)12-16/h3,9-14H,2,4-8H2,1H3/b11-3+/t13-,14-. The van der Waals surface area contributed by atoms with E-state index in [-0.39, 0.29) is 5.82 Å². The molecule has 1 fully saturated rings. The van der Waals surface area contributed by atoms with E-state index in [0.717, 1.165) is 11.5 Å². The zero-order chi connectivity index (χ0) is 13.7. The van der Waals surface area contributed by atoms with Gasteiger partial charge < -0.3 is 0 Å². The number of hydrogen-bond donors (Lipinski definition) is 0. The van der Waals surface area contributed by atoms with Crippen molar-refractivity contribution in [2.45, 2.75) is 51.4 Å². The summed E-state index contributed by atoms with van der Waals surface area (Å²) in [7, 11) is 0. The zero-order valence-electron chi connectivity index (χ0n) is 11.5. The zero-order valence-corrected chi connectivity index (χ0v) is 11.5. The van der Waals surface area contributed by atoms with Crippen molar-refractivity contribution in [1.29, 1.82) is 0 Å². The number of allylic oxidation sites excluding steroid dienone is 1. The lowest BCUT2D eigenvalue weighted by molar-refractivity contribution is 0.318. The van der Waals surface area contributed by atoms with Crippen LogP contribution in [0.5, 0.6) is 0 Å². The molecule has 0 atom stereocenters. The van der Waals surface area contributed by atoms with Crippen molar-refractivity contribution in [2.75, 3.05) is 0 Å². The number of hydrogen-bond acceptors (Lipinski definition) is 0. The minimum absolute atomic E-state index is 0.201. The first-order chi connectivity index (χ1) is 9.24. The van der Waals surface area contributed by atoms with E-state index in [1.807, 2.05) is 6.07 Å². The van der Waals surface area contributed by atoms with Crippen molar-refractivity contribution in [3.63, 3.8) is 0 Å². The fraction of sp³-hybridized carbons (Fsp3) is 0.529. The van der Waals surface area contributed by atoms with Gasteiger partial charge in [0.05, 0.1) is 6.33 Å². The molecule has 0 unspecified atom stereocenters. The van der Waals surface area contributed by atoms with Gasteiger partial charge in [-0.1, -0.05) is 31.6 Å². The number of halogens is 2. The third kappa shape index (κ3) is 3.65. The number of benzene rings is 1. The second-order valence-electron chi connectivity index (χ2n) is 5.54. The van der Waals surface area contributed by atoms with Crippen molar-refractivity contribution in [3.8, 4) is 0 Å². The average molecular weight is 264 g/mol. The molecule has 0 aliphatic heterocycles. The molecule has 1 aliphatic rings. The van der Waals surface area contributed by atoms with Gasteiger partial charge in [-0.15, -0.1) is 0 Å². The summed E-state index contributed by atoms with van der Waals surface area (Å²) in [5.74, 6) is 1.16. The monoisotopic (exact) mass is 264 g/mol. The van der Waals surface area contributed by atoms with Crippen LogP contribution >= 0.6 is 0 Å². The van der Waals surface area contributed by atoms with Gasteiger partial charge in [0.15, 0.2) is 0 Å². The van der Waals surface area contributed by atoms with Crippen LogP contribution in [0.25, 0.3) is 0 Å². The molecule has 2 heteroatoms. The van der Waals surface area contributed by atoms with Gasteiger partial charge in [0.25, 0.3) is 0 Å². The van der Waals surface area contributed by atoms with Gasteiger partial charge in [-0.2, -0.15) is 0 Å². The topological polar surface area (TPSA) is 0 Å². The molecule has 104 valence electrons. The van der Waals surface area contributed by atoms with Gasteiger partial charge in [-0.25, -0.2) is 8.78 Å². The van der Waals surface area contributed by atoms with Crippen molar-refractivity contribution < 1.29 is 8.78 Å². The molecule has 1 aromatic carbocycles. The lowest BCUT2D eigenvalue weighted by atomic mass is 9.77. The normalized spacial score (nSPS) is 23.9. The third-order valence-electron chi connectivity index (χ3n) is 4.40. The highest BCUT2D eigenvalue weighted by atomic mass is 19.1. The predicted octanol–water partition coefficient (Wildman–Crippen LogP) is 5.54. The quantitative estimate of drug-likeness (QED) is 0.670. The minimum atomic E-state index is -0.201. The van der Waals surface area contributed by atoms with E-state index in [0.29, 0.717) is 24.2 Å². The average Bonchev–Trinajstić information content (AvgIpc) is 2.46. The largest absolute Gasteiger partial charge is 0.216 e. The molecule has 0 radical (unpaired) electrons. The second kappa shape index (κ2) is 6.83. The number of rotatable bonds is 4. The Bertz CT molecular complexity index is 429. The summed E-state index contributed by atoms with van der Waals surface area (Å²) >= 11 is 0. The maximum Gasteiger partial charge on any atom is 0.126 e. The SMILES string of the molecule is CC[C@H]1CC[C@H](c2ccc(C/C=C/F)c(F)c2)CC1. The van der Waals surface area contributed by atoms with Gasteiger partial charge >= 0.3 is 0 Å². The molecule has 0 nitrogen and oxygen atoms in total. The van der Waals surface area contributed by atoms with E-state index in [9.17, 15) is 8.78 Å². The van der Waals surface area contributed by atoms with Crippen LogP contribution in [0.15, 0.2) is 30.6 Å². The van der Waals surface area contributed by atoms with Crippen LogP contribution in [0.1, 0.15) is 56.1 Å².